The van der Waals surface area contributed by atoms with Crippen molar-refractivity contribution in [2.45, 2.75) is 5.16 Å². The number of amides is 1. The number of benzene rings is 1. The Morgan fingerprint density at radius 1 is 1.48 bits per heavy atom. The van der Waals surface area contributed by atoms with Crippen LogP contribution in [-0.4, -0.2) is 26.4 Å². The van der Waals surface area contributed by atoms with Crippen molar-refractivity contribution in [3.63, 3.8) is 0 Å². The maximum atomic E-state index is 11.9. The number of carbonyl (C=O) groups is 1. The highest BCUT2D eigenvalue weighted by molar-refractivity contribution is 7.99. The van der Waals surface area contributed by atoms with E-state index in [1.54, 1.807) is 7.05 Å². The van der Waals surface area contributed by atoms with E-state index in [9.17, 15) is 9.59 Å². The fourth-order valence-electron chi connectivity index (χ4n) is 1.48. The first-order chi connectivity index (χ1) is 9.88. The van der Waals surface area contributed by atoms with Gasteiger partial charge in [0, 0.05) is 12.7 Å². The third-order valence-corrected chi connectivity index (χ3v) is 4.13. The topological polar surface area (TPSA) is 106 Å². The predicted molar refractivity (Wildman–Crippen MR) is 84.1 cm³/mol. The van der Waals surface area contributed by atoms with Gasteiger partial charge >= 0.3 is 5.69 Å². The van der Waals surface area contributed by atoms with Crippen LogP contribution >= 0.6 is 35.0 Å². The molecule has 4 N–H and O–H groups in total. The number of halogens is 2. The molecule has 0 aliphatic heterocycles. The molecule has 0 aliphatic carbocycles. The van der Waals surface area contributed by atoms with Crippen LogP contribution in [0.3, 0.4) is 0 Å². The van der Waals surface area contributed by atoms with Crippen LogP contribution in [0.5, 0.6) is 0 Å². The number of aromatic amines is 1. The first-order valence-electron chi connectivity index (χ1n) is 5.67. The maximum Gasteiger partial charge on any atom is 0.343 e. The zero-order valence-electron chi connectivity index (χ0n) is 10.8. The Labute approximate surface area is 133 Å². The SMILES string of the molecule is Cn1c(SCC(=O)Nc2c(Cl)cc(N)cc2Cl)n[nH]c1=O. The number of nitrogens with one attached hydrogen (secondary N) is 2. The van der Waals surface area contributed by atoms with E-state index in [0.29, 0.717) is 16.5 Å². The zero-order valence-corrected chi connectivity index (χ0v) is 13.1. The lowest BCUT2D eigenvalue weighted by Gasteiger charge is -2.09. The van der Waals surface area contributed by atoms with E-state index in [-0.39, 0.29) is 27.4 Å². The number of nitrogen functional groups attached to an aromatic ring is 1. The van der Waals surface area contributed by atoms with Gasteiger partial charge in [0.05, 0.1) is 21.5 Å². The van der Waals surface area contributed by atoms with Gasteiger partial charge in [0.15, 0.2) is 5.16 Å². The molecule has 0 aliphatic rings. The second kappa shape index (κ2) is 6.42. The zero-order chi connectivity index (χ0) is 15.6. The van der Waals surface area contributed by atoms with Gasteiger partial charge < -0.3 is 11.1 Å². The lowest BCUT2D eigenvalue weighted by Crippen LogP contribution is -2.16. The molecule has 1 heterocycles. The number of hydrogen-bond acceptors (Lipinski definition) is 5. The summed E-state index contributed by atoms with van der Waals surface area (Å²) in [5, 5.41) is 9.58. The molecule has 112 valence electrons. The molecule has 1 aromatic heterocycles. The number of rotatable bonds is 4. The average Bonchev–Trinajstić information content (AvgIpc) is 2.72. The van der Waals surface area contributed by atoms with E-state index in [1.165, 1.54) is 16.7 Å². The standard InChI is InChI=1S/C11H11Cl2N5O2S/c1-18-10(20)16-17-11(18)21-4-8(19)15-9-6(12)2-5(14)3-7(9)13/h2-3H,4,14H2,1H3,(H,15,19)(H,16,20). The van der Waals surface area contributed by atoms with E-state index in [0.717, 1.165) is 11.8 Å². The minimum absolute atomic E-state index is 0.0508. The summed E-state index contributed by atoms with van der Waals surface area (Å²) in [5.74, 6) is -0.279. The third-order valence-electron chi connectivity index (χ3n) is 2.50. The first-order valence-corrected chi connectivity index (χ1v) is 7.41. The number of H-pyrrole nitrogens is 1. The van der Waals surface area contributed by atoms with Gasteiger partial charge in [-0.05, 0) is 12.1 Å². The predicted octanol–water partition coefficient (Wildman–Crippen LogP) is 1.73. The lowest BCUT2D eigenvalue weighted by molar-refractivity contribution is -0.113. The number of anilines is 2. The van der Waals surface area contributed by atoms with Crippen molar-refractivity contribution in [1.82, 2.24) is 14.8 Å². The molecule has 1 aromatic carbocycles. The van der Waals surface area contributed by atoms with Gasteiger partial charge in [-0.25, -0.2) is 9.89 Å². The normalized spacial score (nSPS) is 10.6. The Bertz CT molecular complexity index is 719. The first kappa shape index (κ1) is 15.7. The number of nitrogens with two attached hydrogens (primary N) is 1. The monoisotopic (exact) mass is 347 g/mol. The molecule has 10 heteroatoms. The van der Waals surface area contributed by atoms with Crippen LogP contribution in [0.15, 0.2) is 22.1 Å². The van der Waals surface area contributed by atoms with E-state index in [1.807, 2.05) is 0 Å². The summed E-state index contributed by atoms with van der Waals surface area (Å²) in [7, 11) is 1.56. The largest absolute Gasteiger partial charge is 0.399 e. The molecule has 0 saturated carbocycles. The fraction of sp³-hybridized carbons (Fsp3) is 0.182. The smallest absolute Gasteiger partial charge is 0.343 e. The van der Waals surface area contributed by atoms with Gasteiger partial charge in [0.25, 0.3) is 0 Å². The van der Waals surface area contributed by atoms with E-state index in [4.69, 9.17) is 28.9 Å². The molecular weight excluding hydrogens is 337 g/mol. The lowest BCUT2D eigenvalue weighted by atomic mass is 10.3. The molecule has 21 heavy (non-hydrogen) atoms. The molecule has 1 amide bonds. The molecule has 2 aromatic rings. The summed E-state index contributed by atoms with van der Waals surface area (Å²) in [6.07, 6.45) is 0. The summed E-state index contributed by atoms with van der Waals surface area (Å²) in [6.45, 7) is 0. The number of hydrogen-bond donors (Lipinski definition) is 3. The average molecular weight is 348 g/mol. The van der Waals surface area contributed by atoms with Crippen molar-refractivity contribution in [1.29, 1.82) is 0 Å². The van der Waals surface area contributed by atoms with Crippen molar-refractivity contribution in [2.24, 2.45) is 7.05 Å². The number of aromatic nitrogens is 3. The molecule has 0 atom stereocenters. The van der Waals surface area contributed by atoms with Crippen molar-refractivity contribution >= 4 is 52.2 Å². The van der Waals surface area contributed by atoms with Crippen LogP contribution in [0.1, 0.15) is 0 Å². The Kier molecular flexibility index (Phi) is 4.81. The van der Waals surface area contributed by atoms with Crippen LogP contribution in [0.2, 0.25) is 10.0 Å². The van der Waals surface area contributed by atoms with E-state index in [2.05, 4.69) is 15.5 Å². The number of nitrogens with zero attached hydrogens (tertiary/aromatic N) is 2. The summed E-state index contributed by atoms with van der Waals surface area (Å²) < 4.78 is 1.31. The van der Waals surface area contributed by atoms with Crippen LogP contribution in [0.4, 0.5) is 11.4 Å². The second-order valence-electron chi connectivity index (χ2n) is 4.07. The summed E-state index contributed by atoms with van der Waals surface area (Å²) >= 11 is 13.1. The maximum absolute atomic E-state index is 11.9. The Morgan fingerprint density at radius 3 is 2.62 bits per heavy atom. The van der Waals surface area contributed by atoms with E-state index < -0.39 is 0 Å². The molecule has 0 fully saturated rings. The molecular formula is C11H11Cl2N5O2S. The van der Waals surface area contributed by atoms with Crippen LogP contribution < -0.4 is 16.7 Å². The van der Waals surface area contributed by atoms with Crippen molar-refractivity contribution in [3.8, 4) is 0 Å². The Morgan fingerprint density at radius 2 is 2.10 bits per heavy atom. The van der Waals surface area contributed by atoms with Crippen LogP contribution in [-0.2, 0) is 11.8 Å². The van der Waals surface area contributed by atoms with Crippen molar-refractivity contribution in [2.75, 3.05) is 16.8 Å². The summed E-state index contributed by atoms with van der Waals surface area (Å²) in [4.78, 5) is 23.1. The fourth-order valence-corrected chi connectivity index (χ4v) is 2.80. The Balaban J connectivity index is 2.03. The van der Waals surface area contributed by atoms with Crippen molar-refractivity contribution < 1.29 is 4.79 Å². The minimum atomic E-state index is -0.345. The van der Waals surface area contributed by atoms with Gasteiger partial charge in [-0.3, -0.25) is 9.36 Å². The highest BCUT2D eigenvalue weighted by Crippen LogP contribution is 2.32. The van der Waals surface area contributed by atoms with Gasteiger partial charge in [-0.2, -0.15) is 0 Å². The second-order valence-corrected chi connectivity index (χ2v) is 5.82. The number of thioether (sulfide) groups is 1. The summed E-state index contributed by atoms with van der Waals surface area (Å²) in [6, 6.07) is 2.99. The van der Waals surface area contributed by atoms with E-state index >= 15 is 0 Å². The Hall–Kier alpha value is -1.64. The summed E-state index contributed by atoms with van der Waals surface area (Å²) in [5.41, 5.74) is 5.94. The molecule has 0 unspecified atom stereocenters. The van der Waals surface area contributed by atoms with Crippen LogP contribution in [0.25, 0.3) is 0 Å². The quantitative estimate of drug-likeness (QED) is 0.576. The highest BCUT2D eigenvalue weighted by Gasteiger charge is 2.13. The van der Waals surface area contributed by atoms with Crippen molar-refractivity contribution in [3.05, 3.63) is 32.7 Å². The molecule has 7 nitrogen and oxygen atoms in total. The molecule has 0 radical (unpaired) electrons. The van der Waals surface area contributed by atoms with Gasteiger partial charge in [0.1, 0.15) is 0 Å². The van der Waals surface area contributed by atoms with Gasteiger partial charge in [0.2, 0.25) is 5.91 Å². The molecule has 0 spiro atoms. The highest BCUT2D eigenvalue weighted by atomic mass is 35.5. The molecule has 0 bridgehead atoms. The van der Waals surface area contributed by atoms with Gasteiger partial charge in [-0.1, -0.05) is 35.0 Å². The molecule has 0 saturated heterocycles. The molecule has 2 rings (SSSR count). The minimum Gasteiger partial charge on any atom is -0.399 e. The van der Waals surface area contributed by atoms with Gasteiger partial charge in [-0.15, -0.1) is 5.10 Å². The number of carbonyl (C=O) groups excluding carboxylic acids is 1. The third kappa shape index (κ3) is 3.72. The van der Waals surface area contributed by atoms with Crippen LogP contribution in [0, 0.1) is 0 Å².